The van der Waals surface area contributed by atoms with Gasteiger partial charge in [-0.1, -0.05) is 18.2 Å². The Labute approximate surface area is 65.1 Å². The van der Waals surface area contributed by atoms with Crippen molar-refractivity contribution >= 4 is 25.2 Å². The second-order valence-corrected chi connectivity index (χ2v) is 2.41. The summed E-state index contributed by atoms with van der Waals surface area (Å²) in [6.07, 6.45) is 0. The lowest BCUT2D eigenvalue weighted by Crippen LogP contribution is -2.30. The van der Waals surface area contributed by atoms with Crippen molar-refractivity contribution in [2.45, 2.75) is 4.90 Å². The van der Waals surface area contributed by atoms with Crippen molar-refractivity contribution in [3.05, 3.63) is 24.3 Å². The van der Waals surface area contributed by atoms with Gasteiger partial charge in [0.1, 0.15) is 0 Å². The van der Waals surface area contributed by atoms with Gasteiger partial charge in [-0.25, -0.2) is 0 Å². The van der Waals surface area contributed by atoms with Crippen LogP contribution in [0.2, 0.25) is 0 Å². The lowest BCUT2D eigenvalue weighted by molar-refractivity contribution is 0.425. The van der Waals surface area contributed by atoms with E-state index >= 15 is 0 Å². The molecule has 1 rings (SSSR count). The molecule has 2 nitrogen and oxygen atoms in total. The largest absolute Gasteiger partial charge is 0.489 e. The maximum Gasteiger partial charge on any atom is 0.489 e. The second-order valence-electron chi connectivity index (χ2n) is 1.93. The fourth-order valence-corrected chi connectivity index (χ4v) is 0.982. The molecule has 0 bridgehead atoms. The van der Waals surface area contributed by atoms with Gasteiger partial charge < -0.3 is 10.0 Å². The van der Waals surface area contributed by atoms with E-state index in [2.05, 4.69) is 12.6 Å². The number of hydrogen-bond acceptors (Lipinski definition) is 3. The summed E-state index contributed by atoms with van der Waals surface area (Å²) in [5, 5.41) is 17.4. The molecule has 0 aliphatic carbocycles. The Morgan fingerprint density at radius 1 is 1.20 bits per heavy atom. The van der Waals surface area contributed by atoms with Crippen LogP contribution in [-0.4, -0.2) is 17.2 Å². The normalized spacial score (nSPS) is 9.50. The van der Waals surface area contributed by atoms with Crippen molar-refractivity contribution in [1.82, 2.24) is 0 Å². The van der Waals surface area contributed by atoms with Gasteiger partial charge in [0.05, 0.1) is 0 Å². The van der Waals surface area contributed by atoms with Crippen molar-refractivity contribution in [1.29, 1.82) is 0 Å². The molecule has 1 aromatic rings. The third kappa shape index (κ3) is 1.53. The van der Waals surface area contributed by atoms with Crippen molar-refractivity contribution in [3.8, 4) is 0 Å². The molecule has 0 aliphatic rings. The lowest BCUT2D eigenvalue weighted by Gasteiger charge is -2.00. The summed E-state index contributed by atoms with van der Waals surface area (Å²) in [5.74, 6) is 0. The number of thiol groups is 1. The second kappa shape index (κ2) is 3.10. The average Bonchev–Trinajstić information content (AvgIpc) is 1.88. The molecule has 4 heteroatoms. The van der Waals surface area contributed by atoms with E-state index in [1.54, 1.807) is 24.3 Å². The summed E-state index contributed by atoms with van der Waals surface area (Å²) in [7, 11) is -1.42. The van der Waals surface area contributed by atoms with Crippen molar-refractivity contribution in [3.63, 3.8) is 0 Å². The first-order chi connectivity index (χ1) is 4.72. The molecule has 0 saturated carbocycles. The molecule has 0 amide bonds. The van der Waals surface area contributed by atoms with Crippen LogP contribution < -0.4 is 5.46 Å². The maximum absolute atomic E-state index is 8.71. The highest BCUT2D eigenvalue weighted by molar-refractivity contribution is 7.80. The third-order valence-corrected chi connectivity index (χ3v) is 1.62. The molecule has 0 spiro atoms. The molecule has 0 unspecified atom stereocenters. The zero-order valence-corrected chi connectivity index (χ0v) is 6.12. The summed E-state index contributed by atoms with van der Waals surface area (Å²) in [4.78, 5) is 0.595. The molecular formula is C6H7BO2S. The highest BCUT2D eigenvalue weighted by Crippen LogP contribution is 2.00. The van der Waals surface area contributed by atoms with Crippen molar-refractivity contribution in [2.75, 3.05) is 0 Å². The van der Waals surface area contributed by atoms with Gasteiger partial charge in [0.25, 0.3) is 0 Å². The zero-order chi connectivity index (χ0) is 7.56. The first kappa shape index (κ1) is 7.66. The van der Waals surface area contributed by atoms with Gasteiger partial charge in [0, 0.05) is 4.90 Å². The lowest BCUT2D eigenvalue weighted by atomic mass is 9.80. The SMILES string of the molecule is OB(O)c1ccccc1S. The van der Waals surface area contributed by atoms with Gasteiger partial charge in [0.2, 0.25) is 0 Å². The molecule has 0 saturated heterocycles. The Hall–Kier alpha value is -0.445. The maximum atomic E-state index is 8.71. The molecule has 2 N–H and O–H groups in total. The van der Waals surface area contributed by atoms with Crippen LogP contribution in [0.3, 0.4) is 0 Å². The Morgan fingerprint density at radius 3 is 2.20 bits per heavy atom. The molecule has 0 aliphatic heterocycles. The van der Waals surface area contributed by atoms with Crippen LogP contribution in [-0.2, 0) is 0 Å². The number of rotatable bonds is 1. The Balaban J connectivity index is 3.03. The molecule has 1 aromatic carbocycles. The Bertz CT molecular complexity index is 227. The van der Waals surface area contributed by atoms with Crippen LogP contribution >= 0.6 is 12.6 Å². The average molecular weight is 154 g/mol. The van der Waals surface area contributed by atoms with Crippen LogP contribution in [0.4, 0.5) is 0 Å². The van der Waals surface area contributed by atoms with E-state index in [0.29, 0.717) is 10.4 Å². The van der Waals surface area contributed by atoms with Gasteiger partial charge >= 0.3 is 7.12 Å². The van der Waals surface area contributed by atoms with E-state index in [1.165, 1.54) is 0 Å². The summed E-state index contributed by atoms with van der Waals surface area (Å²) < 4.78 is 0. The molecule has 0 atom stereocenters. The van der Waals surface area contributed by atoms with Gasteiger partial charge in [-0.2, -0.15) is 0 Å². The van der Waals surface area contributed by atoms with E-state index in [1.807, 2.05) is 0 Å². The minimum atomic E-state index is -1.42. The molecule has 0 heterocycles. The van der Waals surface area contributed by atoms with Crippen molar-refractivity contribution < 1.29 is 10.0 Å². The van der Waals surface area contributed by atoms with Gasteiger partial charge in [0.15, 0.2) is 0 Å². The fourth-order valence-electron chi connectivity index (χ4n) is 0.706. The summed E-state index contributed by atoms with van der Waals surface area (Å²) in [6.45, 7) is 0. The monoisotopic (exact) mass is 154 g/mol. The quantitative estimate of drug-likeness (QED) is 0.382. The summed E-state index contributed by atoms with van der Waals surface area (Å²) in [6, 6.07) is 6.84. The standard InChI is InChI=1S/C6H7BO2S/c8-7(9)5-3-1-2-4-6(5)10/h1-4,8-10H. The highest BCUT2D eigenvalue weighted by atomic mass is 32.1. The first-order valence-electron chi connectivity index (χ1n) is 2.86. The van der Waals surface area contributed by atoms with Crippen LogP contribution in [0.15, 0.2) is 29.2 Å². The Kier molecular flexibility index (Phi) is 2.37. The Morgan fingerprint density at radius 2 is 1.80 bits per heavy atom. The smallest absolute Gasteiger partial charge is 0.423 e. The van der Waals surface area contributed by atoms with Gasteiger partial charge in [-0.15, -0.1) is 12.6 Å². The van der Waals surface area contributed by atoms with E-state index < -0.39 is 7.12 Å². The summed E-state index contributed by atoms with van der Waals surface area (Å²) >= 11 is 4.02. The van der Waals surface area contributed by atoms with Crippen LogP contribution in [0.25, 0.3) is 0 Å². The minimum Gasteiger partial charge on any atom is -0.423 e. The molecule has 0 fully saturated rings. The van der Waals surface area contributed by atoms with E-state index in [4.69, 9.17) is 10.0 Å². The minimum absolute atomic E-state index is 0.436. The van der Waals surface area contributed by atoms with Crippen LogP contribution in [0.1, 0.15) is 0 Å². The predicted molar refractivity (Wildman–Crippen MR) is 43.5 cm³/mol. The van der Waals surface area contributed by atoms with Crippen LogP contribution in [0.5, 0.6) is 0 Å². The predicted octanol–water partition coefficient (Wildman–Crippen LogP) is -0.345. The molecule has 0 radical (unpaired) electrons. The van der Waals surface area contributed by atoms with Crippen molar-refractivity contribution in [2.24, 2.45) is 0 Å². The zero-order valence-electron chi connectivity index (χ0n) is 5.23. The molecule has 10 heavy (non-hydrogen) atoms. The van der Waals surface area contributed by atoms with Gasteiger partial charge in [-0.05, 0) is 11.5 Å². The molecular weight excluding hydrogens is 147 g/mol. The number of benzene rings is 1. The van der Waals surface area contributed by atoms with Gasteiger partial charge in [-0.3, -0.25) is 0 Å². The van der Waals surface area contributed by atoms with E-state index in [-0.39, 0.29) is 0 Å². The summed E-state index contributed by atoms with van der Waals surface area (Å²) in [5.41, 5.74) is 0.436. The first-order valence-corrected chi connectivity index (χ1v) is 3.30. The van der Waals surface area contributed by atoms with E-state index in [0.717, 1.165) is 0 Å². The highest BCUT2D eigenvalue weighted by Gasteiger charge is 2.12. The third-order valence-electron chi connectivity index (χ3n) is 1.21. The fraction of sp³-hybridized carbons (Fsp3) is 0. The number of hydrogen-bond donors (Lipinski definition) is 3. The molecule has 52 valence electrons. The topological polar surface area (TPSA) is 40.5 Å². The van der Waals surface area contributed by atoms with E-state index in [9.17, 15) is 0 Å². The van der Waals surface area contributed by atoms with Crippen LogP contribution in [0, 0.1) is 0 Å². The molecule has 0 aromatic heterocycles.